The van der Waals surface area contributed by atoms with Crippen molar-refractivity contribution in [1.29, 1.82) is 0 Å². The van der Waals surface area contributed by atoms with E-state index in [9.17, 15) is 9.59 Å². The minimum atomic E-state index is -0.282. The fourth-order valence-corrected chi connectivity index (χ4v) is 3.35. The molecule has 1 aromatic heterocycles. The van der Waals surface area contributed by atoms with Gasteiger partial charge in [-0.1, -0.05) is 29.8 Å². The molecule has 2 aromatic rings. The Morgan fingerprint density at radius 2 is 1.96 bits per heavy atom. The lowest BCUT2D eigenvalue weighted by Crippen LogP contribution is -2.26. The Balaban J connectivity index is 1.71. The molecule has 0 bridgehead atoms. The normalized spacial score (nSPS) is 14.3. The number of hydrogen-bond acceptors (Lipinski definition) is 3. The summed E-state index contributed by atoms with van der Waals surface area (Å²) < 4.78 is 0. The maximum Gasteiger partial charge on any atom is 0.254 e. The number of benzene rings is 1. The van der Waals surface area contributed by atoms with E-state index in [2.05, 4.69) is 10.6 Å². The number of halogens is 1. The van der Waals surface area contributed by atoms with Crippen LogP contribution in [0.25, 0.3) is 5.57 Å². The Hall–Kier alpha value is -2.11. The van der Waals surface area contributed by atoms with E-state index in [1.54, 1.807) is 17.5 Å². The first-order chi connectivity index (χ1) is 11.5. The Bertz CT molecular complexity index is 809. The fourth-order valence-electron chi connectivity index (χ4n) is 2.28. The summed E-state index contributed by atoms with van der Waals surface area (Å²) in [5, 5.41) is 8.66. The van der Waals surface area contributed by atoms with Crippen LogP contribution in [0.5, 0.6) is 0 Å². The zero-order chi connectivity index (χ0) is 17.1. The van der Waals surface area contributed by atoms with Gasteiger partial charge in [0.1, 0.15) is 5.00 Å². The van der Waals surface area contributed by atoms with Gasteiger partial charge in [0.25, 0.3) is 5.91 Å². The smallest absolute Gasteiger partial charge is 0.254 e. The van der Waals surface area contributed by atoms with Gasteiger partial charge in [-0.3, -0.25) is 9.59 Å². The average Bonchev–Trinajstić information content (AvgIpc) is 3.23. The molecule has 6 heteroatoms. The molecule has 24 heavy (non-hydrogen) atoms. The minimum Gasteiger partial charge on any atom is -0.349 e. The third kappa shape index (κ3) is 4.04. The molecule has 0 spiro atoms. The summed E-state index contributed by atoms with van der Waals surface area (Å²) in [6.07, 6.45) is 3.54. The maximum atomic E-state index is 12.3. The number of nitrogens with one attached hydrogen (secondary N) is 2. The largest absolute Gasteiger partial charge is 0.349 e. The Morgan fingerprint density at radius 1 is 1.21 bits per heavy atom. The summed E-state index contributed by atoms with van der Waals surface area (Å²) in [6.45, 7) is 1.83. The fraction of sp³-hybridized carbons (Fsp3) is 0.222. The second-order valence-electron chi connectivity index (χ2n) is 5.71. The molecule has 0 radical (unpaired) electrons. The van der Waals surface area contributed by atoms with E-state index in [0.717, 1.165) is 24.0 Å². The van der Waals surface area contributed by atoms with Crippen molar-refractivity contribution in [2.24, 2.45) is 0 Å². The van der Waals surface area contributed by atoms with E-state index in [0.29, 0.717) is 15.6 Å². The van der Waals surface area contributed by atoms with E-state index < -0.39 is 0 Å². The number of hydrogen-bond donors (Lipinski definition) is 2. The number of allylic oxidation sites excluding steroid dienone is 1. The topological polar surface area (TPSA) is 58.2 Å². The van der Waals surface area contributed by atoms with Crippen LogP contribution in [0.2, 0.25) is 5.02 Å². The third-order valence-electron chi connectivity index (χ3n) is 3.71. The van der Waals surface area contributed by atoms with Gasteiger partial charge in [0.05, 0.1) is 5.56 Å². The van der Waals surface area contributed by atoms with Gasteiger partial charge in [0.2, 0.25) is 5.91 Å². The first-order valence-corrected chi connectivity index (χ1v) is 8.93. The molecule has 1 aliphatic rings. The van der Waals surface area contributed by atoms with Crippen molar-refractivity contribution in [3.63, 3.8) is 0 Å². The van der Waals surface area contributed by atoms with Crippen LogP contribution in [0.3, 0.4) is 0 Å². The standard InChI is InChI=1S/C18H17ClN2O2S/c1-11(13-4-2-3-5-15(13)19)10-16(22)21-18-14(8-9-24-18)17(23)20-12-6-7-12/h2-5,8-10,12H,6-7H2,1H3,(H,20,23)(H,21,22)/b11-10-. The number of rotatable bonds is 5. The molecule has 1 aliphatic carbocycles. The summed E-state index contributed by atoms with van der Waals surface area (Å²) >= 11 is 7.47. The maximum absolute atomic E-state index is 12.3. The van der Waals surface area contributed by atoms with Crippen LogP contribution in [0, 0.1) is 0 Å². The first kappa shape index (κ1) is 16.7. The number of amides is 2. The highest BCUT2D eigenvalue weighted by atomic mass is 35.5. The monoisotopic (exact) mass is 360 g/mol. The van der Waals surface area contributed by atoms with E-state index in [1.807, 2.05) is 25.1 Å². The van der Waals surface area contributed by atoms with Crippen molar-refractivity contribution in [3.8, 4) is 0 Å². The molecule has 3 rings (SSSR count). The summed E-state index contributed by atoms with van der Waals surface area (Å²) in [5.74, 6) is -0.420. The second-order valence-corrected chi connectivity index (χ2v) is 7.03. The van der Waals surface area contributed by atoms with Gasteiger partial charge in [0.15, 0.2) is 0 Å². The van der Waals surface area contributed by atoms with Crippen LogP contribution in [-0.4, -0.2) is 17.9 Å². The van der Waals surface area contributed by atoms with Crippen LogP contribution >= 0.6 is 22.9 Å². The van der Waals surface area contributed by atoms with Gasteiger partial charge < -0.3 is 10.6 Å². The van der Waals surface area contributed by atoms with Gasteiger partial charge in [-0.2, -0.15) is 0 Å². The lowest BCUT2D eigenvalue weighted by Gasteiger charge is -2.07. The zero-order valence-electron chi connectivity index (χ0n) is 13.1. The Morgan fingerprint density at radius 3 is 2.67 bits per heavy atom. The molecule has 4 nitrogen and oxygen atoms in total. The molecular formula is C18H17ClN2O2S. The molecule has 1 aromatic carbocycles. The second kappa shape index (κ2) is 7.20. The molecule has 2 amide bonds. The first-order valence-electron chi connectivity index (χ1n) is 7.67. The number of anilines is 1. The van der Waals surface area contributed by atoms with Crippen molar-refractivity contribution in [2.45, 2.75) is 25.8 Å². The van der Waals surface area contributed by atoms with Crippen LogP contribution in [0.1, 0.15) is 35.7 Å². The molecular weight excluding hydrogens is 344 g/mol. The summed E-state index contributed by atoms with van der Waals surface area (Å²) in [5.41, 5.74) is 2.08. The zero-order valence-corrected chi connectivity index (χ0v) is 14.7. The SMILES string of the molecule is C/C(=C/C(=O)Nc1sccc1C(=O)NC1CC1)c1ccccc1Cl. The van der Waals surface area contributed by atoms with Gasteiger partial charge in [-0.05, 0) is 48.4 Å². The summed E-state index contributed by atoms with van der Waals surface area (Å²) in [4.78, 5) is 24.4. The number of carbonyl (C=O) groups is 2. The summed E-state index contributed by atoms with van der Waals surface area (Å²) in [6, 6.07) is 9.37. The highest BCUT2D eigenvalue weighted by Crippen LogP contribution is 2.27. The molecule has 1 heterocycles. The number of thiophene rings is 1. The molecule has 124 valence electrons. The van der Waals surface area contributed by atoms with Crippen molar-refractivity contribution in [2.75, 3.05) is 5.32 Å². The molecule has 0 atom stereocenters. The molecule has 0 aliphatic heterocycles. The quantitative estimate of drug-likeness (QED) is 0.779. The van der Waals surface area contributed by atoms with Crippen LogP contribution in [-0.2, 0) is 4.79 Å². The van der Waals surface area contributed by atoms with E-state index in [-0.39, 0.29) is 17.9 Å². The minimum absolute atomic E-state index is 0.138. The molecule has 1 saturated carbocycles. The predicted octanol–water partition coefficient (Wildman–Crippen LogP) is 4.34. The highest BCUT2D eigenvalue weighted by Gasteiger charge is 2.25. The molecule has 0 saturated heterocycles. The highest BCUT2D eigenvalue weighted by molar-refractivity contribution is 7.14. The Labute approximate surface area is 149 Å². The van der Waals surface area contributed by atoms with Crippen molar-refractivity contribution in [3.05, 3.63) is 57.9 Å². The van der Waals surface area contributed by atoms with Crippen LogP contribution < -0.4 is 10.6 Å². The van der Waals surface area contributed by atoms with Gasteiger partial charge in [-0.15, -0.1) is 11.3 Å². The van der Waals surface area contributed by atoms with Gasteiger partial charge in [-0.25, -0.2) is 0 Å². The average molecular weight is 361 g/mol. The molecule has 0 unspecified atom stereocenters. The third-order valence-corrected chi connectivity index (χ3v) is 4.86. The van der Waals surface area contributed by atoms with Crippen molar-refractivity contribution < 1.29 is 9.59 Å². The molecule has 2 N–H and O–H groups in total. The van der Waals surface area contributed by atoms with Crippen molar-refractivity contribution >= 4 is 45.3 Å². The lowest BCUT2D eigenvalue weighted by atomic mass is 10.1. The van der Waals surface area contributed by atoms with Crippen LogP contribution in [0.4, 0.5) is 5.00 Å². The lowest BCUT2D eigenvalue weighted by molar-refractivity contribution is -0.111. The van der Waals surface area contributed by atoms with E-state index in [4.69, 9.17) is 11.6 Å². The van der Waals surface area contributed by atoms with E-state index >= 15 is 0 Å². The van der Waals surface area contributed by atoms with E-state index in [1.165, 1.54) is 17.4 Å². The predicted molar refractivity (Wildman–Crippen MR) is 98.5 cm³/mol. The molecule has 1 fully saturated rings. The van der Waals surface area contributed by atoms with Crippen molar-refractivity contribution in [1.82, 2.24) is 5.32 Å². The summed E-state index contributed by atoms with van der Waals surface area (Å²) in [7, 11) is 0. The van der Waals surface area contributed by atoms with Gasteiger partial charge >= 0.3 is 0 Å². The Kier molecular flexibility index (Phi) is 5.02. The number of carbonyl (C=O) groups excluding carboxylic acids is 2. The van der Waals surface area contributed by atoms with Crippen LogP contribution in [0.15, 0.2) is 41.8 Å². The van der Waals surface area contributed by atoms with Gasteiger partial charge in [0, 0.05) is 17.1 Å².